The third-order valence-electron chi connectivity index (χ3n) is 4.55. The number of nitriles is 1. The molecule has 4 rings (SSSR count). The van der Waals surface area contributed by atoms with Crippen molar-refractivity contribution in [3.05, 3.63) is 82.0 Å². The van der Waals surface area contributed by atoms with E-state index >= 15 is 0 Å². The zero-order chi connectivity index (χ0) is 21.1. The molecule has 1 atom stereocenters. The molecular formula is C22H16FN3O3S. The summed E-state index contributed by atoms with van der Waals surface area (Å²) in [6.45, 7) is -0.0123. The van der Waals surface area contributed by atoms with Crippen LogP contribution in [0.3, 0.4) is 0 Å². The van der Waals surface area contributed by atoms with Gasteiger partial charge in [0.15, 0.2) is 0 Å². The molecule has 0 saturated carbocycles. The van der Waals surface area contributed by atoms with Crippen LogP contribution in [0.4, 0.5) is 4.39 Å². The molecule has 6 nitrogen and oxygen atoms in total. The number of aliphatic hydroxyl groups is 1. The second-order valence-electron chi connectivity index (χ2n) is 6.64. The highest BCUT2D eigenvalue weighted by atomic mass is 32.1. The van der Waals surface area contributed by atoms with Crippen LogP contribution in [-0.2, 0) is 6.54 Å². The Kier molecular flexibility index (Phi) is 5.57. The summed E-state index contributed by atoms with van der Waals surface area (Å²) in [5.74, 6) is 0.171. The van der Waals surface area contributed by atoms with E-state index in [1.165, 1.54) is 34.4 Å². The number of ether oxygens (including phenoxy) is 1. The van der Waals surface area contributed by atoms with E-state index in [2.05, 4.69) is 4.98 Å². The lowest BCUT2D eigenvalue weighted by Crippen LogP contribution is -2.30. The van der Waals surface area contributed by atoms with Gasteiger partial charge >= 0.3 is 0 Å². The normalized spacial score (nSPS) is 11.9. The lowest BCUT2D eigenvalue weighted by molar-refractivity contribution is 0.0915. The van der Waals surface area contributed by atoms with Gasteiger partial charge in [-0.3, -0.25) is 9.36 Å². The van der Waals surface area contributed by atoms with Gasteiger partial charge < -0.3 is 9.84 Å². The van der Waals surface area contributed by atoms with E-state index in [0.29, 0.717) is 27.1 Å². The summed E-state index contributed by atoms with van der Waals surface area (Å²) in [5, 5.41) is 21.4. The first kappa shape index (κ1) is 19.8. The molecule has 0 aliphatic heterocycles. The minimum absolute atomic E-state index is 0.0107. The lowest BCUT2D eigenvalue weighted by atomic mass is 10.1. The SMILES string of the molecule is N#Cc1ccc(OC[C@H](O)Cn2cnc3scc(-c4ccc(F)cc4)c3c2=O)cc1. The molecule has 8 heteroatoms. The molecule has 2 aromatic heterocycles. The van der Waals surface area contributed by atoms with Crippen LogP contribution in [0.5, 0.6) is 5.75 Å². The van der Waals surface area contributed by atoms with E-state index in [9.17, 15) is 14.3 Å². The van der Waals surface area contributed by atoms with E-state index in [1.807, 2.05) is 11.4 Å². The van der Waals surface area contributed by atoms with Gasteiger partial charge in [0.1, 0.15) is 29.1 Å². The molecule has 30 heavy (non-hydrogen) atoms. The largest absolute Gasteiger partial charge is 0.491 e. The molecule has 4 aromatic rings. The third kappa shape index (κ3) is 4.08. The minimum Gasteiger partial charge on any atom is -0.491 e. The summed E-state index contributed by atoms with van der Waals surface area (Å²) >= 11 is 1.34. The lowest BCUT2D eigenvalue weighted by Gasteiger charge is -2.14. The first-order valence-corrected chi connectivity index (χ1v) is 9.96. The molecular weight excluding hydrogens is 405 g/mol. The smallest absolute Gasteiger partial charge is 0.262 e. The Labute approximate surface area is 175 Å². The van der Waals surface area contributed by atoms with Gasteiger partial charge in [-0.25, -0.2) is 9.37 Å². The molecule has 0 aliphatic rings. The summed E-state index contributed by atoms with van der Waals surface area (Å²) in [7, 11) is 0. The molecule has 0 radical (unpaired) electrons. The summed E-state index contributed by atoms with van der Waals surface area (Å²) in [6, 6.07) is 14.5. The van der Waals surface area contributed by atoms with Gasteiger partial charge in [-0.15, -0.1) is 11.3 Å². The first-order chi connectivity index (χ1) is 14.5. The Bertz CT molecular complexity index is 1270. The molecule has 0 bridgehead atoms. The molecule has 0 amide bonds. The Balaban J connectivity index is 1.53. The number of aromatic nitrogens is 2. The molecule has 2 aromatic carbocycles. The second kappa shape index (κ2) is 8.45. The van der Waals surface area contributed by atoms with Crippen LogP contribution in [0.2, 0.25) is 0 Å². The van der Waals surface area contributed by atoms with Gasteiger partial charge in [0.2, 0.25) is 0 Å². The van der Waals surface area contributed by atoms with Gasteiger partial charge in [0, 0.05) is 10.9 Å². The summed E-state index contributed by atoms with van der Waals surface area (Å²) in [6.07, 6.45) is 0.464. The van der Waals surface area contributed by atoms with Crippen molar-refractivity contribution in [1.82, 2.24) is 9.55 Å². The number of benzene rings is 2. The number of nitrogens with zero attached hydrogens (tertiary/aromatic N) is 3. The quantitative estimate of drug-likeness (QED) is 0.514. The monoisotopic (exact) mass is 421 g/mol. The van der Waals surface area contributed by atoms with Crippen molar-refractivity contribution in [2.24, 2.45) is 0 Å². The molecule has 0 spiro atoms. The van der Waals surface area contributed by atoms with Gasteiger partial charge in [-0.1, -0.05) is 12.1 Å². The average molecular weight is 421 g/mol. The zero-order valence-corrected chi connectivity index (χ0v) is 16.5. The van der Waals surface area contributed by atoms with Crippen LogP contribution >= 0.6 is 11.3 Å². The standard InChI is InChI=1S/C22H16FN3O3S/c23-16-5-3-15(4-6-16)19-12-30-21-20(19)22(28)26(13-25-21)10-17(27)11-29-18-7-1-14(9-24)2-8-18/h1-8,12-13,17,27H,10-11H2/t17-/m1/s1. The Morgan fingerprint density at radius 3 is 2.63 bits per heavy atom. The van der Waals surface area contributed by atoms with E-state index in [1.54, 1.807) is 36.4 Å². The average Bonchev–Trinajstić information content (AvgIpc) is 3.20. The number of thiophene rings is 1. The number of aliphatic hydroxyl groups excluding tert-OH is 1. The Morgan fingerprint density at radius 1 is 1.20 bits per heavy atom. The Morgan fingerprint density at radius 2 is 1.93 bits per heavy atom. The fourth-order valence-corrected chi connectivity index (χ4v) is 3.94. The number of hydrogen-bond donors (Lipinski definition) is 1. The molecule has 2 heterocycles. The molecule has 1 N–H and O–H groups in total. The fourth-order valence-electron chi connectivity index (χ4n) is 3.04. The van der Waals surface area contributed by atoms with Crippen molar-refractivity contribution >= 4 is 21.6 Å². The molecule has 0 saturated heterocycles. The van der Waals surface area contributed by atoms with Crippen molar-refractivity contribution in [2.75, 3.05) is 6.61 Å². The van der Waals surface area contributed by atoms with Crippen LogP contribution in [0.25, 0.3) is 21.3 Å². The fraction of sp³-hybridized carbons (Fsp3) is 0.136. The van der Waals surface area contributed by atoms with E-state index < -0.39 is 6.10 Å². The van der Waals surface area contributed by atoms with Crippen LogP contribution in [-0.4, -0.2) is 27.4 Å². The predicted molar refractivity (Wildman–Crippen MR) is 112 cm³/mol. The molecule has 0 unspecified atom stereocenters. The number of fused-ring (bicyclic) bond motifs is 1. The highest BCUT2D eigenvalue weighted by Crippen LogP contribution is 2.30. The number of rotatable bonds is 6. The van der Waals surface area contributed by atoms with Gasteiger partial charge in [-0.2, -0.15) is 5.26 Å². The van der Waals surface area contributed by atoms with Crippen LogP contribution in [0, 0.1) is 17.1 Å². The third-order valence-corrected chi connectivity index (χ3v) is 5.44. The summed E-state index contributed by atoms with van der Waals surface area (Å²) < 4.78 is 20.1. The topological polar surface area (TPSA) is 88.1 Å². The molecule has 150 valence electrons. The van der Waals surface area contributed by atoms with Crippen LogP contribution in [0.15, 0.2) is 65.0 Å². The predicted octanol–water partition coefficient (Wildman–Crippen LogP) is 3.58. The van der Waals surface area contributed by atoms with E-state index in [0.717, 1.165) is 5.56 Å². The highest BCUT2D eigenvalue weighted by Gasteiger charge is 2.15. The zero-order valence-electron chi connectivity index (χ0n) is 15.7. The van der Waals surface area contributed by atoms with Crippen LogP contribution < -0.4 is 10.3 Å². The van der Waals surface area contributed by atoms with Crippen LogP contribution in [0.1, 0.15) is 5.56 Å². The maximum atomic E-state index is 13.2. The first-order valence-electron chi connectivity index (χ1n) is 9.09. The van der Waals surface area contributed by atoms with E-state index in [-0.39, 0.29) is 24.5 Å². The maximum absolute atomic E-state index is 13.2. The van der Waals surface area contributed by atoms with Gasteiger partial charge in [-0.05, 0) is 42.0 Å². The molecule has 0 fully saturated rings. The van der Waals surface area contributed by atoms with Crippen molar-refractivity contribution in [3.63, 3.8) is 0 Å². The number of halogens is 1. The van der Waals surface area contributed by atoms with E-state index in [4.69, 9.17) is 10.00 Å². The number of hydrogen-bond acceptors (Lipinski definition) is 6. The minimum atomic E-state index is -0.939. The molecule has 0 aliphatic carbocycles. The summed E-state index contributed by atoms with van der Waals surface area (Å²) in [4.78, 5) is 17.9. The highest BCUT2D eigenvalue weighted by molar-refractivity contribution is 7.17. The van der Waals surface area contributed by atoms with Crippen molar-refractivity contribution in [2.45, 2.75) is 12.6 Å². The van der Waals surface area contributed by atoms with Gasteiger partial charge in [0.05, 0.1) is 29.9 Å². The second-order valence-corrected chi connectivity index (χ2v) is 7.50. The summed E-state index contributed by atoms with van der Waals surface area (Å²) in [5.41, 5.74) is 1.65. The Hall–Kier alpha value is -3.54. The maximum Gasteiger partial charge on any atom is 0.262 e. The van der Waals surface area contributed by atoms with Crippen molar-refractivity contribution < 1.29 is 14.2 Å². The van der Waals surface area contributed by atoms with Gasteiger partial charge in [0.25, 0.3) is 5.56 Å². The van der Waals surface area contributed by atoms with Crippen molar-refractivity contribution in [3.8, 4) is 22.9 Å². The van der Waals surface area contributed by atoms with Crippen molar-refractivity contribution in [1.29, 1.82) is 5.26 Å².